The Hall–Kier alpha value is -3.46. The highest BCUT2D eigenvalue weighted by Gasteiger charge is 2.19. The number of anilines is 2. The van der Waals surface area contributed by atoms with E-state index in [4.69, 9.17) is 21.4 Å². The van der Waals surface area contributed by atoms with E-state index in [1.165, 1.54) is 0 Å². The van der Waals surface area contributed by atoms with E-state index in [1.54, 1.807) is 63.2 Å². The monoisotopic (exact) mass is 412 g/mol. The minimum absolute atomic E-state index is 0.0114. The summed E-state index contributed by atoms with van der Waals surface area (Å²) >= 11 is 5.22. The minimum atomic E-state index is -0.677. The Kier molecular flexibility index (Phi) is 5.79. The number of rotatable bonds is 3. The highest BCUT2D eigenvalue weighted by atomic mass is 32.1. The van der Waals surface area contributed by atoms with Gasteiger partial charge < -0.3 is 14.5 Å². The molecule has 8 nitrogen and oxygen atoms in total. The average molecular weight is 412 g/mol. The van der Waals surface area contributed by atoms with Gasteiger partial charge in [-0.3, -0.25) is 10.1 Å². The largest absolute Gasteiger partial charge is 0.443 e. The van der Waals surface area contributed by atoms with Crippen LogP contribution in [0.4, 0.5) is 16.5 Å². The smallest absolute Gasteiger partial charge is 0.415 e. The van der Waals surface area contributed by atoms with Crippen molar-refractivity contribution in [2.45, 2.75) is 26.4 Å². The van der Waals surface area contributed by atoms with E-state index < -0.39 is 11.7 Å². The molecule has 0 aliphatic carbocycles. The second kappa shape index (κ2) is 8.27. The van der Waals surface area contributed by atoms with E-state index in [0.29, 0.717) is 22.4 Å². The molecule has 1 aromatic heterocycles. The molecule has 0 atom stereocenters. The zero-order chi connectivity index (χ0) is 21.0. The molecule has 3 aromatic rings. The summed E-state index contributed by atoms with van der Waals surface area (Å²) in [7, 11) is 0. The molecule has 3 N–H and O–H groups in total. The van der Waals surface area contributed by atoms with Crippen molar-refractivity contribution in [2.75, 3.05) is 10.6 Å². The number of para-hydroxylation sites is 1. The van der Waals surface area contributed by atoms with E-state index in [9.17, 15) is 9.59 Å². The molecule has 2 amide bonds. The molecule has 0 fully saturated rings. The molecule has 0 saturated carbocycles. The summed E-state index contributed by atoms with van der Waals surface area (Å²) < 4.78 is 10.8. The number of carbonyl (C=O) groups is 2. The van der Waals surface area contributed by atoms with Gasteiger partial charge in [0.1, 0.15) is 11.1 Å². The highest BCUT2D eigenvalue weighted by Crippen LogP contribution is 2.26. The molecular formula is C20H20N4O4S. The third-order valence-electron chi connectivity index (χ3n) is 3.53. The van der Waals surface area contributed by atoms with Gasteiger partial charge in [-0.1, -0.05) is 24.3 Å². The molecule has 0 radical (unpaired) electrons. The maximum Gasteiger partial charge on any atom is 0.415 e. The molecular weight excluding hydrogens is 392 g/mol. The second-order valence-electron chi connectivity index (χ2n) is 7.07. The van der Waals surface area contributed by atoms with Crippen LogP contribution in [0.25, 0.3) is 11.1 Å². The van der Waals surface area contributed by atoms with Crippen LogP contribution in [0.3, 0.4) is 0 Å². The van der Waals surface area contributed by atoms with Crippen molar-refractivity contribution in [1.82, 2.24) is 10.3 Å². The van der Waals surface area contributed by atoms with Crippen LogP contribution in [0.15, 0.2) is 52.9 Å². The van der Waals surface area contributed by atoms with Crippen LogP contribution in [-0.2, 0) is 4.74 Å². The van der Waals surface area contributed by atoms with E-state index in [0.717, 1.165) is 0 Å². The van der Waals surface area contributed by atoms with Crippen LogP contribution in [0.5, 0.6) is 0 Å². The fourth-order valence-electron chi connectivity index (χ4n) is 2.41. The first kappa shape index (κ1) is 20.3. The van der Waals surface area contributed by atoms with Crippen LogP contribution in [-0.4, -0.2) is 27.7 Å². The van der Waals surface area contributed by atoms with Gasteiger partial charge in [-0.25, -0.2) is 10.1 Å². The van der Waals surface area contributed by atoms with Crippen LogP contribution >= 0.6 is 12.2 Å². The number of thiocarbonyl (C=S) groups is 1. The molecule has 3 rings (SSSR count). The van der Waals surface area contributed by atoms with Gasteiger partial charge in [-0.2, -0.15) is 4.98 Å². The zero-order valence-electron chi connectivity index (χ0n) is 16.1. The Morgan fingerprint density at radius 1 is 1.03 bits per heavy atom. The van der Waals surface area contributed by atoms with Crippen molar-refractivity contribution >= 4 is 52.1 Å². The third kappa shape index (κ3) is 5.52. The lowest BCUT2D eigenvalue weighted by molar-refractivity contribution is 0.0632. The van der Waals surface area contributed by atoms with Crippen LogP contribution in [0.2, 0.25) is 0 Å². The molecule has 0 aliphatic rings. The number of hydrogen-bond donors (Lipinski definition) is 3. The van der Waals surface area contributed by atoms with Gasteiger partial charge in [0.25, 0.3) is 5.91 Å². The van der Waals surface area contributed by atoms with E-state index in [1.807, 2.05) is 6.07 Å². The van der Waals surface area contributed by atoms with Crippen molar-refractivity contribution in [1.29, 1.82) is 0 Å². The number of nitrogens with one attached hydrogen (secondary N) is 3. The van der Waals surface area contributed by atoms with Crippen LogP contribution < -0.4 is 16.0 Å². The number of fused-ring (bicyclic) bond motifs is 1. The number of aromatic nitrogens is 1. The molecule has 1 heterocycles. The third-order valence-corrected chi connectivity index (χ3v) is 3.74. The van der Waals surface area contributed by atoms with E-state index in [2.05, 4.69) is 20.9 Å². The number of ether oxygens (including phenoxy) is 1. The number of oxazole rings is 1. The zero-order valence-corrected chi connectivity index (χ0v) is 16.9. The van der Waals surface area contributed by atoms with Gasteiger partial charge in [-0.05, 0) is 57.3 Å². The fourth-order valence-corrected chi connectivity index (χ4v) is 2.61. The first-order valence-electron chi connectivity index (χ1n) is 8.78. The number of nitrogens with zero attached hydrogens (tertiary/aromatic N) is 1. The number of amides is 2. The Morgan fingerprint density at radius 2 is 1.76 bits per heavy atom. The lowest BCUT2D eigenvalue weighted by Crippen LogP contribution is -2.34. The molecule has 29 heavy (non-hydrogen) atoms. The summed E-state index contributed by atoms with van der Waals surface area (Å²) in [6.07, 6.45) is -0.677. The molecule has 2 aromatic carbocycles. The van der Waals surface area contributed by atoms with Gasteiger partial charge in [0.05, 0.1) is 5.69 Å². The van der Waals surface area contributed by atoms with Crippen molar-refractivity contribution in [3.63, 3.8) is 0 Å². The fraction of sp³-hybridized carbons (Fsp3) is 0.200. The maximum absolute atomic E-state index is 12.2. The lowest BCUT2D eigenvalue weighted by Gasteiger charge is -2.18. The quantitative estimate of drug-likeness (QED) is 0.551. The van der Waals surface area contributed by atoms with Gasteiger partial charge in [-0.15, -0.1) is 0 Å². The summed E-state index contributed by atoms with van der Waals surface area (Å²) in [5, 5.41) is 8.07. The normalized spacial score (nSPS) is 11.0. The summed E-state index contributed by atoms with van der Waals surface area (Å²) in [5.41, 5.74) is 1.20. The molecule has 0 spiro atoms. The summed E-state index contributed by atoms with van der Waals surface area (Å²) in [6.45, 7) is 5.27. The van der Waals surface area contributed by atoms with Crippen molar-refractivity contribution in [2.24, 2.45) is 0 Å². The standard InChI is InChI=1S/C20H20N4O4S/c1-20(2,3)28-19(26)24-17-21-13-10-7-11-14(15(13)27-17)22-18(29)23-16(25)12-8-5-4-6-9-12/h4-11H,1-3H3,(H,21,24,26)(H2,22,23,25,29). The van der Waals surface area contributed by atoms with Gasteiger partial charge in [0, 0.05) is 5.56 Å². The molecule has 0 saturated heterocycles. The Balaban J connectivity index is 1.71. The topological polar surface area (TPSA) is 105 Å². The summed E-state index contributed by atoms with van der Waals surface area (Å²) in [5.74, 6) is -0.333. The van der Waals surface area contributed by atoms with Gasteiger partial charge in [0.15, 0.2) is 10.7 Å². The maximum atomic E-state index is 12.2. The number of hydrogen-bond acceptors (Lipinski definition) is 6. The van der Waals surface area contributed by atoms with Crippen LogP contribution in [0, 0.1) is 0 Å². The predicted molar refractivity (Wildman–Crippen MR) is 114 cm³/mol. The SMILES string of the molecule is CC(C)(C)OC(=O)Nc1nc2cccc(NC(=S)NC(=O)c3ccccc3)c2o1. The van der Waals surface area contributed by atoms with E-state index >= 15 is 0 Å². The average Bonchev–Trinajstić information content (AvgIpc) is 3.04. The van der Waals surface area contributed by atoms with Gasteiger partial charge in [0.2, 0.25) is 0 Å². The Bertz CT molecular complexity index is 1060. The molecule has 0 unspecified atom stereocenters. The summed E-state index contributed by atoms with van der Waals surface area (Å²) in [4.78, 5) is 28.3. The van der Waals surface area contributed by atoms with Crippen molar-refractivity contribution in [3.8, 4) is 0 Å². The molecule has 0 aliphatic heterocycles. The Morgan fingerprint density at radius 3 is 2.45 bits per heavy atom. The first-order chi connectivity index (χ1) is 13.7. The molecule has 0 bridgehead atoms. The number of benzene rings is 2. The minimum Gasteiger partial charge on any atom is -0.443 e. The molecule has 150 valence electrons. The van der Waals surface area contributed by atoms with E-state index in [-0.39, 0.29) is 17.0 Å². The lowest BCUT2D eigenvalue weighted by atomic mass is 10.2. The van der Waals surface area contributed by atoms with Crippen LogP contribution in [0.1, 0.15) is 31.1 Å². The summed E-state index contributed by atoms with van der Waals surface area (Å²) in [6, 6.07) is 13.9. The second-order valence-corrected chi connectivity index (χ2v) is 7.48. The highest BCUT2D eigenvalue weighted by molar-refractivity contribution is 7.80. The predicted octanol–water partition coefficient (Wildman–Crippen LogP) is 4.30. The van der Waals surface area contributed by atoms with Crippen molar-refractivity contribution in [3.05, 3.63) is 54.1 Å². The van der Waals surface area contributed by atoms with Crippen molar-refractivity contribution < 1.29 is 18.7 Å². The molecule has 9 heteroatoms. The first-order valence-corrected chi connectivity index (χ1v) is 9.19. The Labute approximate surface area is 172 Å². The van der Waals surface area contributed by atoms with Gasteiger partial charge >= 0.3 is 12.1 Å². The number of carbonyl (C=O) groups excluding carboxylic acids is 2.